The number of nitrogens with one attached hydrogen (secondary N) is 2. The largest absolute Gasteiger partial charge is 0.481 e. The molecule has 7 heteroatoms. The molecule has 0 aliphatic rings. The average Bonchev–Trinajstić information content (AvgIpc) is 2.70. The van der Waals surface area contributed by atoms with E-state index < -0.39 is 5.97 Å². The molecule has 0 radical (unpaired) electrons. The van der Waals surface area contributed by atoms with Crippen molar-refractivity contribution in [3.05, 3.63) is 11.9 Å². The van der Waals surface area contributed by atoms with E-state index in [1.807, 2.05) is 0 Å². The number of rotatable bonds is 7. The second-order valence-corrected chi connectivity index (χ2v) is 3.31. The molecule has 16 heavy (non-hydrogen) atoms. The van der Waals surface area contributed by atoms with Crippen LogP contribution in [0.5, 0.6) is 0 Å². The summed E-state index contributed by atoms with van der Waals surface area (Å²) in [6.45, 7) is 0.485. The molecule has 0 fully saturated rings. The Bertz CT molecular complexity index is 337. The van der Waals surface area contributed by atoms with E-state index in [0.29, 0.717) is 19.4 Å². The monoisotopic (exact) mass is 226 g/mol. The summed E-state index contributed by atoms with van der Waals surface area (Å²) in [6.07, 6.45) is 2.84. The minimum Gasteiger partial charge on any atom is -0.481 e. The Balaban J connectivity index is 2.04. The van der Waals surface area contributed by atoms with Gasteiger partial charge in [-0.3, -0.25) is 9.59 Å². The fourth-order valence-electron chi connectivity index (χ4n) is 1.16. The van der Waals surface area contributed by atoms with Crippen LogP contribution in [-0.2, 0) is 16.0 Å². The van der Waals surface area contributed by atoms with E-state index in [0.717, 1.165) is 5.69 Å². The second kappa shape index (κ2) is 6.54. The number of aromatic nitrogens is 3. The van der Waals surface area contributed by atoms with Crippen LogP contribution in [0.1, 0.15) is 25.0 Å². The highest BCUT2D eigenvalue weighted by Gasteiger charge is 2.03. The molecule has 0 aliphatic heterocycles. The molecule has 0 aliphatic carbocycles. The standard InChI is InChI=1S/C9H14N4O3/c14-8(2-1-3-9(15)16)10-5-4-7-6-11-13-12-7/h6H,1-5H2,(H,10,14)(H,15,16)(H,11,12,13). The fraction of sp³-hybridized carbons (Fsp3) is 0.556. The Morgan fingerprint density at radius 3 is 2.88 bits per heavy atom. The third-order valence-corrected chi connectivity index (χ3v) is 1.96. The number of nitrogens with zero attached hydrogens (tertiary/aromatic N) is 2. The SMILES string of the molecule is O=C(O)CCCC(=O)NCCc1cn[nH]n1. The summed E-state index contributed by atoms with van der Waals surface area (Å²) in [6, 6.07) is 0. The van der Waals surface area contributed by atoms with Gasteiger partial charge in [-0.1, -0.05) is 0 Å². The molecule has 7 nitrogen and oxygen atoms in total. The number of carbonyl (C=O) groups is 2. The van der Waals surface area contributed by atoms with Gasteiger partial charge in [-0.05, 0) is 6.42 Å². The van der Waals surface area contributed by atoms with Crippen LogP contribution >= 0.6 is 0 Å². The number of amides is 1. The number of carboxylic acid groups (broad SMARTS) is 1. The Morgan fingerprint density at radius 2 is 2.25 bits per heavy atom. The molecule has 0 saturated heterocycles. The van der Waals surface area contributed by atoms with Crippen LogP contribution < -0.4 is 5.32 Å². The van der Waals surface area contributed by atoms with Crippen molar-refractivity contribution < 1.29 is 14.7 Å². The molecule has 0 bridgehead atoms. The lowest BCUT2D eigenvalue weighted by molar-refractivity contribution is -0.137. The van der Waals surface area contributed by atoms with E-state index in [-0.39, 0.29) is 18.7 Å². The molecular weight excluding hydrogens is 212 g/mol. The van der Waals surface area contributed by atoms with Gasteiger partial charge in [-0.15, -0.1) is 0 Å². The Kier molecular flexibility index (Phi) is 4.97. The van der Waals surface area contributed by atoms with Gasteiger partial charge >= 0.3 is 5.97 Å². The van der Waals surface area contributed by atoms with Crippen molar-refractivity contribution in [3.8, 4) is 0 Å². The van der Waals surface area contributed by atoms with Crippen molar-refractivity contribution in [2.45, 2.75) is 25.7 Å². The first-order valence-corrected chi connectivity index (χ1v) is 5.01. The van der Waals surface area contributed by atoms with Crippen molar-refractivity contribution in [1.82, 2.24) is 20.7 Å². The Hall–Kier alpha value is -1.92. The molecule has 1 aromatic heterocycles. The Labute approximate surface area is 92.2 Å². The number of aliphatic carboxylic acids is 1. The van der Waals surface area contributed by atoms with Crippen LogP contribution in [0.25, 0.3) is 0 Å². The maximum atomic E-state index is 11.2. The number of carboxylic acids is 1. The number of hydrogen-bond acceptors (Lipinski definition) is 4. The molecule has 1 rings (SSSR count). The minimum atomic E-state index is -0.879. The van der Waals surface area contributed by atoms with Crippen molar-refractivity contribution in [1.29, 1.82) is 0 Å². The molecule has 0 atom stereocenters. The highest BCUT2D eigenvalue weighted by Crippen LogP contribution is 1.95. The van der Waals surface area contributed by atoms with Crippen molar-refractivity contribution in [2.24, 2.45) is 0 Å². The van der Waals surface area contributed by atoms with Crippen molar-refractivity contribution in [3.63, 3.8) is 0 Å². The predicted molar refractivity (Wildman–Crippen MR) is 54.6 cm³/mol. The van der Waals surface area contributed by atoms with Gasteiger partial charge in [-0.2, -0.15) is 15.4 Å². The zero-order valence-corrected chi connectivity index (χ0v) is 8.77. The molecule has 88 valence electrons. The van der Waals surface area contributed by atoms with Crippen molar-refractivity contribution >= 4 is 11.9 Å². The number of aromatic amines is 1. The van der Waals surface area contributed by atoms with Gasteiger partial charge in [0.25, 0.3) is 0 Å². The molecule has 0 aromatic carbocycles. The van der Waals surface area contributed by atoms with Gasteiger partial charge in [0.15, 0.2) is 0 Å². The van der Waals surface area contributed by atoms with E-state index >= 15 is 0 Å². The van der Waals surface area contributed by atoms with Crippen LogP contribution in [0, 0.1) is 0 Å². The molecule has 0 unspecified atom stereocenters. The number of carbonyl (C=O) groups excluding carboxylic acids is 1. The summed E-state index contributed by atoms with van der Waals surface area (Å²) in [7, 11) is 0. The predicted octanol–water partition coefficient (Wildman–Crippen LogP) is -0.282. The van der Waals surface area contributed by atoms with Crippen molar-refractivity contribution in [2.75, 3.05) is 6.54 Å². The molecule has 1 amide bonds. The van der Waals surface area contributed by atoms with Gasteiger partial charge in [0.1, 0.15) is 0 Å². The molecule has 0 saturated carbocycles. The first-order chi connectivity index (χ1) is 7.68. The van der Waals surface area contributed by atoms with Gasteiger partial charge in [0.05, 0.1) is 11.9 Å². The van der Waals surface area contributed by atoms with Crippen LogP contribution in [0.2, 0.25) is 0 Å². The van der Waals surface area contributed by atoms with Crippen LogP contribution in [0.15, 0.2) is 6.20 Å². The zero-order valence-electron chi connectivity index (χ0n) is 8.77. The smallest absolute Gasteiger partial charge is 0.303 e. The van der Waals surface area contributed by atoms with Crippen LogP contribution in [0.4, 0.5) is 0 Å². The lowest BCUT2D eigenvalue weighted by Gasteiger charge is -2.02. The lowest BCUT2D eigenvalue weighted by atomic mass is 10.2. The topological polar surface area (TPSA) is 108 Å². The quantitative estimate of drug-likeness (QED) is 0.592. The van der Waals surface area contributed by atoms with Gasteiger partial charge < -0.3 is 10.4 Å². The molecule has 0 spiro atoms. The van der Waals surface area contributed by atoms with E-state index in [1.165, 1.54) is 0 Å². The van der Waals surface area contributed by atoms with E-state index in [1.54, 1.807) is 6.20 Å². The maximum absolute atomic E-state index is 11.2. The molecule has 1 aromatic rings. The molecule has 1 heterocycles. The number of H-pyrrole nitrogens is 1. The minimum absolute atomic E-state index is 0.0245. The molecule has 3 N–H and O–H groups in total. The summed E-state index contributed by atoms with van der Waals surface area (Å²) in [5.74, 6) is -1.01. The third-order valence-electron chi connectivity index (χ3n) is 1.96. The molecular formula is C9H14N4O3. The van der Waals surface area contributed by atoms with E-state index in [2.05, 4.69) is 20.7 Å². The highest BCUT2D eigenvalue weighted by molar-refractivity contribution is 5.76. The maximum Gasteiger partial charge on any atom is 0.303 e. The third kappa shape index (κ3) is 5.08. The van der Waals surface area contributed by atoms with Gasteiger partial charge in [0.2, 0.25) is 5.91 Å². The highest BCUT2D eigenvalue weighted by atomic mass is 16.4. The summed E-state index contributed by atoms with van der Waals surface area (Å²) in [5, 5.41) is 21.0. The van der Waals surface area contributed by atoms with Crippen LogP contribution in [-0.4, -0.2) is 38.9 Å². The van der Waals surface area contributed by atoms with Gasteiger partial charge in [0, 0.05) is 25.8 Å². The fourth-order valence-corrected chi connectivity index (χ4v) is 1.16. The summed E-state index contributed by atoms with van der Waals surface area (Å²) < 4.78 is 0. The van der Waals surface area contributed by atoms with E-state index in [9.17, 15) is 9.59 Å². The lowest BCUT2D eigenvalue weighted by Crippen LogP contribution is -2.25. The normalized spacial score (nSPS) is 10.0. The first-order valence-electron chi connectivity index (χ1n) is 5.01. The van der Waals surface area contributed by atoms with Crippen LogP contribution in [0.3, 0.4) is 0 Å². The zero-order chi connectivity index (χ0) is 11.8. The van der Waals surface area contributed by atoms with E-state index in [4.69, 9.17) is 5.11 Å². The average molecular weight is 226 g/mol. The number of hydrogen-bond donors (Lipinski definition) is 3. The Morgan fingerprint density at radius 1 is 1.44 bits per heavy atom. The summed E-state index contributed by atoms with van der Waals surface area (Å²) in [4.78, 5) is 21.4. The summed E-state index contributed by atoms with van der Waals surface area (Å²) >= 11 is 0. The second-order valence-electron chi connectivity index (χ2n) is 3.31. The summed E-state index contributed by atoms with van der Waals surface area (Å²) in [5.41, 5.74) is 0.783. The van der Waals surface area contributed by atoms with Gasteiger partial charge in [-0.25, -0.2) is 0 Å². The first kappa shape index (κ1) is 12.2.